The smallest absolute Gasteiger partial charge is 0.407 e. The molecule has 0 spiro atoms. The molecule has 0 fully saturated rings. The van der Waals surface area contributed by atoms with Crippen molar-refractivity contribution in [1.29, 1.82) is 0 Å². The Bertz CT molecular complexity index is 1060. The molecule has 2 aromatic carbocycles. The van der Waals surface area contributed by atoms with E-state index in [1.807, 2.05) is 31.2 Å². The van der Waals surface area contributed by atoms with Crippen LogP contribution in [-0.4, -0.2) is 42.3 Å². The molecular formula is C27H30N2O5. The van der Waals surface area contributed by atoms with Crippen molar-refractivity contribution in [3.63, 3.8) is 0 Å². The SMILES string of the molecule is CC#CCC(NC(=O)CC(C)CCNC(=O)OCC1c2ccccc2-c2ccccc21)C(=O)O. The van der Waals surface area contributed by atoms with E-state index in [4.69, 9.17) is 4.74 Å². The van der Waals surface area contributed by atoms with Crippen molar-refractivity contribution in [1.82, 2.24) is 10.6 Å². The van der Waals surface area contributed by atoms with Gasteiger partial charge in [-0.15, -0.1) is 11.8 Å². The number of carbonyl (C=O) groups excluding carboxylic acids is 2. The minimum absolute atomic E-state index is 0.000323. The monoisotopic (exact) mass is 462 g/mol. The van der Waals surface area contributed by atoms with Crippen LogP contribution in [0.4, 0.5) is 4.79 Å². The maximum absolute atomic E-state index is 12.3. The van der Waals surface area contributed by atoms with Gasteiger partial charge in [-0.1, -0.05) is 55.5 Å². The summed E-state index contributed by atoms with van der Waals surface area (Å²) in [7, 11) is 0. The second-order valence-electron chi connectivity index (χ2n) is 8.44. The highest BCUT2D eigenvalue weighted by Gasteiger charge is 2.29. The van der Waals surface area contributed by atoms with Crippen LogP contribution in [0.25, 0.3) is 11.1 Å². The lowest BCUT2D eigenvalue weighted by Gasteiger charge is -2.16. The first-order valence-corrected chi connectivity index (χ1v) is 11.4. The van der Waals surface area contributed by atoms with Crippen molar-refractivity contribution in [3.05, 3.63) is 59.7 Å². The summed E-state index contributed by atoms with van der Waals surface area (Å²) in [5.74, 6) is 3.80. The zero-order valence-corrected chi connectivity index (χ0v) is 19.5. The summed E-state index contributed by atoms with van der Waals surface area (Å²) in [5.41, 5.74) is 4.65. The predicted molar refractivity (Wildman–Crippen MR) is 129 cm³/mol. The molecule has 3 rings (SSSR count). The summed E-state index contributed by atoms with van der Waals surface area (Å²) in [6.45, 7) is 4.09. The summed E-state index contributed by atoms with van der Waals surface area (Å²) in [6, 6.07) is 15.3. The van der Waals surface area contributed by atoms with E-state index in [0.29, 0.717) is 13.0 Å². The molecule has 7 nitrogen and oxygen atoms in total. The van der Waals surface area contributed by atoms with Gasteiger partial charge in [0.15, 0.2) is 0 Å². The molecule has 0 aliphatic heterocycles. The molecule has 3 N–H and O–H groups in total. The van der Waals surface area contributed by atoms with Gasteiger partial charge in [0, 0.05) is 25.3 Å². The number of hydrogen-bond acceptors (Lipinski definition) is 4. The van der Waals surface area contributed by atoms with Crippen LogP contribution in [0.2, 0.25) is 0 Å². The average molecular weight is 463 g/mol. The van der Waals surface area contributed by atoms with E-state index in [1.165, 1.54) is 11.1 Å². The maximum Gasteiger partial charge on any atom is 0.407 e. The molecule has 1 aliphatic rings. The first-order chi connectivity index (χ1) is 16.4. The Morgan fingerprint density at radius 3 is 2.26 bits per heavy atom. The third-order valence-electron chi connectivity index (χ3n) is 5.90. The fourth-order valence-corrected chi connectivity index (χ4v) is 4.15. The molecule has 0 bridgehead atoms. The zero-order valence-electron chi connectivity index (χ0n) is 19.5. The summed E-state index contributed by atoms with van der Waals surface area (Å²) in [6.07, 6.45) is 0.289. The van der Waals surface area contributed by atoms with E-state index in [-0.39, 0.29) is 37.2 Å². The Labute approximate surface area is 199 Å². The molecular weight excluding hydrogens is 432 g/mol. The third kappa shape index (κ3) is 6.38. The summed E-state index contributed by atoms with van der Waals surface area (Å²) >= 11 is 0. The molecule has 2 atom stereocenters. The molecule has 2 aromatic rings. The molecule has 0 saturated heterocycles. The topological polar surface area (TPSA) is 105 Å². The highest BCUT2D eigenvalue weighted by molar-refractivity contribution is 5.84. The van der Waals surface area contributed by atoms with Gasteiger partial charge in [-0.3, -0.25) is 4.79 Å². The fraction of sp³-hybridized carbons (Fsp3) is 0.370. The lowest BCUT2D eigenvalue weighted by Crippen LogP contribution is -2.41. The molecule has 0 saturated carbocycles. The van der Waals surface area contributed by atoms with E-state index in [2.05, 4.69) is 46.7 Å². The number of alkyl carbamates (subject to hydrolysis) is 1. The molecule has 0 heterocycles. The maximum atomic E-state index is 12.3. The highest BCUT2D eigenvalue weighted by atomic mass is 16.5. The van der Waals surface area contributed by atoms with Crippen LogP contribution in [0.5, 0.6) is 0 Å². The third-order valence-corrected chi connectivity index (χ3v) is 5.90. The average Bonchev–Trinajstić information content (AvgIpc) is 3.14. The van der Waals surface area contributed by atoms with Gasteiger partial charge >= 0.3 is 12.1 Å². The Hall–Kier alpha value is -3.79. The van der Waals surface area contributed by atoms with Crippen molar-refractivity contribution in [3.8, 4) is 23.0 Å². The molecule has 7 heteroatoms. The fourth-order valence-electron chi connectivity index (χ4n) is 4.15. The van der Waals surface area contributed by atoms with Crippen molar-refractivity contribution in [2.45, 2.75) is 45.1 Å². The van der Waals surface area contributed by atoms with Crippen LogP contribution >= 0.6 is 0 Å². The Morgan fingerprint density at radius 2 is 1.68 bits per heavy atom. The van der Waals surface area contributed by atoms with Crippen LogP contribution in [0, 0.1) is 17.8 Å². The lowest BCUT2D eigenvalue weighted by atomic mass is 9.98. The number of benzene rings is 2. The van der Waals surface area contributed by atoms with Crippen LogP contribution in [0.3, 0.4) is 0 Å². The number of carboxylic acid groups (broad SMARTS) is 1. The number of aliphatic carboxylic acids is 1. The zero-order chi connectivity index (χ0) is 24.5. The van der Waals surface area contributed by atoms with Crippen LogP contribution < -0.4 is 10.6 Å². The van der Waals surface area contributed by atoms with Gasteiger partial charge in [-0.05, 0) is 41.5 Å². The quantitative estimate of drug-likeness (QED) is 0.464. The number of amides is 2. The van der Waals surface area contributed by atoms with Crippen molar-refractivity contribution >= 4 is 18.0 Å². The molecule has 2 amide bonds. The normalized spacial score (nSPS) is 13.5. The number of hydrogen-bond donors (Lipinski definition) is 3. The Balaban J connectivity index is 1.41. The summed E-state index contributed by atoms with van der Waals surface area (Å²) < 4.78 is 5.51. The number of rotatable bonds is 10. The Kier molecular flexibility index (Phi) is 8.69. The Morgan fingerprint density at radius 1 is 1.06 bits per heavy atom. The van der Waals surface area contributed by atoms with Gasteiger partial charge in [0.25, 0.3) is 0 Å². The summed E-state index contributed by atoms with van der Waals surface area (Å²) in [5, 5.41) is 14.4. The first-order valence-electron chi connectivity index (χ1n) is 11.4. The number of carboxylic acids is 1. The van der Waals surface area contributed by atoms with Crippen LogP contribution in [0.15, 0.2) is 48.5 Å². The first kappa shape index (κ1) is 24.8. The minimum atomic E-state index is -1.11. The van der Waals surface area contributed by atoms with E-state index < -0.39 is 18.1 Å². The molecule has 0 radical (unpaired) electrons. The highest BCUT2D eigenvalue weighted by Crippen LogP contribution is 2.44. The van der Waals surface area contributed by atoms with E-state index >= 15 is 0 Å². The molecule has 34 heavy (non-hydrogen) atoms. The van der Waals surface area contributed by atoms with Crippen molar-refractivity contribution < 1.29 is 24.2 Å². The van der Waals surface area contributed by atoms with Gasteiger partial charge in [-0.25, -0.2) is 9.59 Å². The van der Waals surface area contributed by atoms with Gasteiger partial charge < -0.3 is 20.5 Å². The van der Waals surface area contributed by atoms with Gasteiger partial charge in [0.05, 0.1) is 0 Å². The second kappa shape index (κ2) is 11.9. The van der Waals surface area contributed by atoms with Gasteiger partial charge in [0.1, 0.15) is 12.6 Å². The number of nitrogens with one attached hydrogen (secondary N) is 2. The molecule has 2 unspecified atom stereocenters. The van der Waals surface area contributed by atoms with E-state index in [1.54, 1.807) is 6.92 Å². The van der Waals surface area contributed by atoms with Gasteiger partial charge in [0.2, 0.25) is 5.91 Å². The lowest BCUT2D eigenvalue weighted by molar-refractivity contribution is -0.141. The second-order valence-corrected chi connectivity index (χ2v) is 8.44. The molecule has 1 aliphatic carbocycles. The molecule has 178 valence electrons. The van der Waals surface area contributed by atoms with Crippen LogP contribution in [0.1, 0.15) is 50.2 Å². The number of carbonyl (C=O) groups is 3. The summed E-state index contributed by atoms with van der Waals surface area (Å²) in [4.78, 5) is 35.6. The predicted octanol–water partition coefficient (Wildman–Crippen LogP) is 3.92. The van der Waals surface area contributed by atoms with Crippen molar-refractivity contribution in [2.24, 2.45) is 5.92 Å². The number of ether oxygens (including phenoxy) is 1. The van der Waals surface area contributed by atoms with Crippen LogP contribution in [-0.2, 0) is 14.3 Å². The molecule has 0 aromatic heterocycles. The van der Waals surface area contributed by atoms with E-state index in [9.17, 15) is 19.5 Å². The van der Waals surface area contributed by atoms with E-state index in [0.717, 1.165) is 11.1 Å². The largest absolute Gasteiger partial charge is 0.480 e. The standard InChI is InChI=1S/C27H30N2O5/c1-3-4-13-24(26(31)32)29-25(30)16-18(2)14-15-28-27(33)34-17-23-21-11-7-5-9-19(21)20-10-6-8-12-22(20)23/h5-12,18,23-24H,13-17H2,1-2H3,(H,28,33)(H,29,30)(H,31,32). The van der Waals surface area contributed by atoms with Crippen molar-refractivity contribution in [2.75, 3.05) is 13.2 Å². The number of fused-ring (bicyclic) bond motifs is 3. The van der Waals surface area contributed by atoms with Gasteiger partial charge in [-0.2, -0.15) is 0 Å². The minimum Gasteiger partial charge on any atom is -0.480 e.